The second-order valence-electron chi connectivity index (χ2n) is 10.2. The fraction of sp³-hybridized carbons (Fsp3) is 0.300. The summed E-state index contributed by atoms with van der Waals surface area (Å²) in [6.45, 7) is 3.07. The second kappa shape index (κ2) is 10.5. The molecule has 2 fully saturated rings. The van der Waals surface area contributed by atoms with Crippen molar-refractivity contribution in [2.45, 2.75) is 24.8 Å². The molecule has 10 nitrogen and oxygen atoms in total. The Morgan fingerprint density at radius 3 is 2.58 bits per heavy atom. The molecule has 0 spiro atoms. The first-order chi connectivity index (χ1) is 19.7. The number of hydrogen-bond donors (Lipinski definition) is 2. The summed E-state index contributed by atoms with van der Waals surface area (Å²) in [6.07, 6.45) is 2.30. The van der Waals surface area contributed by atoms with Gasteiger partial charge in [0.2, 0.25) is 0 Å². The molecular weight excluding hydrogens is 506 g/mol. The van der Waals surface area contributed by atoms with Crippen LogP contribution < -0.4 is 15.5 Å². The maximum absolute atomic E-state index is 13.2. The van der Waals surface area contributed by atoms with Crippen molar-refractivity contribution in [1.82, 2.24) is 15.2 Å². The number of benzodiazepines with no additional fused rings is 1. The van der Waals surface area contributed by atoms with Gasteiger partial charge in [-0.3, -0.25) is 9.79 Å². The molecule has 0 bridgehead atoms. The number of carbonyl (C=O) groups is 1. The number of nitrogens with one attached hydrogen (secondary N) is 2. The van der Waals surface area contributed by atoms with Crippen LogP contribution in [0.15, 0.2) is 76.1 Å². The van der Waals surface area contributed by atoms with E-state index in [0.29, 0.717) is 30.7 Å². The van der Waals surface area contributed by atoms with E-state index in [9.17, 15) is 4.79 Å². The Kier molecular flexibility index (Phi) is 6.45. The van der Waals surface area contributed by atoms with Crippen molar-refractivity contribution < 1.29 is 13.9 Å². The number of ether oxygens (including phenoxy) is 1. The van der Waals surface area contributed by atoms with Crippen LogP contribution in [-0.4, -0.2) is 65.7 Å². The monoisotopic (exact) mass is 535 g/mol. The molecule has 202 valence electrons. The number of hydrogen-bond acceptors (Lipinski definition) is 9. The second-order valence-corrected chi connectivity index (χ2v) is 10.2. The van der Waals surface area contributed by atoms with Gasteiger partial charge in [0.05, 0.1) is 36.8 Å². The molecule has 1 aliphatic carbocycles. The van der Waals surface area contributed by atoms with Crippen molar-refractivity contribution in [2.75, 3.05) is 48.4 Å². The van der Waals surface area contributed by atoms with Crippen LogP contribution in [0.4, 0.5) is 17.4 Å². The molecule has 2 aliphatic heterocycles. The van der Waals surface area contributed by atoms with Gasteiger partial charge in [-0.1, -0.05) is 53.6 Å². The highest BCUT2D eigenvalue weighted by atomic mass is 16.5. The Morgan fingerprint density at radius 1 is 0.950 bits per heavy atom. The third-order valence-corrected chi connectivity index (χ3v) is 7.39. The lowest BCUT2D eigenvalue weighted by Gasteiger charge is -2.29. The number of aliphatic imine (C=N–C) groups is 1. The predicted molar refractivity (Wildman–Crippen MR) is 152 cm³/mol. The lowest BCUT2D eigenvalue weighted by molar-refractivity contribution is -0.117. The summed E-state index contributed by atoms with van der Waals surface area (Å²) >= 11 is 0. The Labute approximate surface area is 231 Å². The van der Waals surface area contributed by atoms with Gasteiger partial charge < -0.3 is 24.7 Å². The number of pyridine rings is 1. The fourth-order valence-electron chi connectivity index (χ4n) is 5.13. The minimum absolute atomic E-state index is 0.184. The first-order valence-electron chi connectivity index (χ1n) is 13.7. The molecule has 7 rings (SSSR count). The van der Waals surface area contributed by atoms with E-state index in [1.807, 2.05) is 54.6 Å². The Bertz CT molecular complexity index is 1560. The molecule has 1 saturated heterocycles. The van der Waals surface area contributed by atoms with E-state index in [-0.39, 0.29) is 18.5 Å². The molecule has 1 saturated carbocycles. The number of rotatable bonds is 7. The summed E-state index contributed by atoms with van der Waals surface area (Å²) in [5, 5.41) is 14.7. The van der Waals surface area contributed by atoms with Gasteiger partial charge in [-0.2, -0.15) is 0 Å². The molecule has 1 atom stereocenters. The van der Waals surface area contributed by atoms with Crippen LogP contribution in [0.25, 0.3) is 11.6 Å². The van der Waals surface area contributed by atoms with E-state index in [2.05, 4.69) is 37.9 Å². The molecule has 4 aromatic rings. The molecule has 40 heavy (non-hydrogen) atoms. The SMILES string of the molecule is O=C1Nc2ccccc2C(c2ccccc2)=N[C@@H]1CNc1nnc(-c2nc(C3CC3)ccc2N2CCOCC2)o1. The third kappa shape index (κ3) is 4.93. The first kappa shape index (κ1) is 24.5. The van der Waals surface area contributed by atoms with Gasteiger partial charge in [0.1, 0.15) is 6.04 Å². The maximum Gasteiger partial charge on any atom is 0.315 e. The highest BCUT2D eigenvalue weighted by Gasteiger charge is 2.29. The fourth-order valence-corrected chi connectivity index (χ4v) is 5.13. The number of nitrogens with zero attached hydrogens (tertiary/aromatic N) is 5. The van der Waals surface area contributed by atoms with Gasteiger partial charge in [-0.05, 0) is 31.0 Å². The van der Waals surface area contributed by atoms with E-state index >= 15 is 0 Å². The predicted octanol–water partition coefficient (Wildman–Crippen LogP) is 4.12. The molecule has 0 radical (unpaired) electrons. The number of carbonyl (C=O) groups excluding carboxylic acids is 1. The molecule has 3 aliphatic rings. The van der Waals surface area contributed by atoms with E-state index in [1.165, 1.54) is 0 Å². The Morgan fingerprint density at radius 2 is 1.75 bits per heavy atom. The summed E-state index contributed by atoms with van der Waals surface area (Å²) in [4.78, 5) is 25.2. The quantitative estimate of drug-likeness (QED) is 0.363. The zero-order valence-corrected chi connectivity index (χ0v) is 21.9. The molecule has 2 aromatic heterocycles. The average Bonchev–Trinajstić information content (AvgIpc) is 3.77. The lowest BCUT2D eigenvalue weighted by atomic mass is 10.0. The largest absolute Gasteiger partial charge is 0.402 e. The highest BCUT2D eigenvalue weighted by molar-refractivity contribution is 6.19. The number of morpholine rings is 1. The molecule has 10 heteroatoms. The van der Waals surface area contributed by atoms with E-state index in [1.54, 1.807) is 0 Å². The van der Waals surface area contributed by atoms with Gasteiger partial charge >= 0.3 is 6.01 Å². The van der Waals surface area contributed by atoms with Crippen LogP contribution in [0, 0.1) is 0 Å². The number of fused-ring (bicyclic) bond motifs is 1. The van der Waals surface area contributed by atoms with E-state index in [4.69, 9.17) is 19.1 Å². The van der Waals surface area contributed by atoms with Gasteiger partial charge in [0.15, 0.2) is 5.69 Å². The van der Waals surface area contributed by atoms with Crippen molar-refractivity contribution >= 4 is 29.0 Å². The standard InChI is InChI=1S/C30H29N7O3/c38-28-24(33-26(20-6-2-1-3-7-20)21-8-4-5-9-23(21)34-28)18-31-30-36-35-29(40-30)27-25(37-14-16-39-17-15-37)13-12-22(32-27)19-10-11-19/h1-9,12-13,19,24H,10-11,14-18H2,(H,31,36)(H,34,38)/t24-/m1/s1. The topological polar surface area (TPSA) is 118 Å². The maximum atomic E-state index is 13.2. The summed E-state index contributed by atoms with van der Waals surface area (Å²) in [6, 6.07) is 21.3. The van der Waals surface area contributed by atoms with Gasteiger partial charge in [-0.25, -0.2) is 4.98 Å². The Hall–Kier alpha value is -4.57. The highest BCUT2D eigenvalue weighted by Crippen LogP contribution is 2.41. The normalized spacial score (nSPS) is 18.9. The zero-order chi connectivity index (χ0) is 26.9. The van der Waals surface area contributed by atoms with E-state index < -0.39 is 6.04 Å². The van der Waals surface area contributed by atoms with Gasteiger partial charge in [-0.15, -0.1) is 5.10 Å². The number of benzene rings is 2. The molecule has 1 amide bonds. The first-order valence-corrected chi connectivity index (χ1v) is 13.7. The summed E-state index contributed by atoms with van der Waals surface area (Å²) in [7, 11) is 0. The zero-order valence-electron chi connectivity index (χ0n) is 21.9. The smallest absolute Gasteiger partial charge is 0.315 e. The van der Waals surface area contributed by atoms with Gasteiger partial charge in [0, 0.05) is 35.8 Å². The molecule has 4 heterocycles. The number of amides is 1. The van der Waals surface area contributed by atoms with Crippen LogP contribution in [0.3, 0.4) is 0 Å². The van der Waals surface area contributed by atoms with Crippen molar-refractivity contribution in [3.63, 3.8) is 0 Å². The van der Waals surface area contributed by atoms with Crippen molar-refractivity contribution in [2.24, 2.45) is 4.99 Å². The third-order valence-electron chi connectivity index (χ3n) is 7.39. The molecular formula is C30H29N7O3. The van der Waals surface area contributed by atoms with Crippen LogP contribution in [0.2, 0.25) is 0 Å². The van der Waals surface area contributed by atoms with Crippen LogP contribution in [0.5, 0.6) is 0 Å². The van der Waals surface area contributed by atoms with Crippen LogP contribution in [-0.2, 0) is 9.53 Å². The van der Waals surface area contributed by atoms with Gasteiger partial charge in [0.25, 0.3) is 11.8 Å². The number of para-hydroxylation sites is 1. The van der Waals surface area contributed by atoms with Crippen LogP contribution in [0.1, 0.15) is 35.6 Å². The van der Waals surface area contributed by atoms with E-state index in [0.717, 1.165) is 59.8 Å². The number of anilines is 3. The van der Waals surface area contributed by atoms with Crippen molar-refractivity contribution in [1.29, 1.82) is 0 Å². The summed E-state index contributed by atoms with van der Waals surface area (Å²) < 4.78 is 11.6. The average molecular weight is 536 g/mol. The van der Waals surface area contributed by atoms with Crippen molar-refractivity contribution in [3.05, 3.63) is 83.6 Å². The minimum Gasteiger partial charge on any atom is -0.402 e. The van der Waals surface area contributed by atoms with Crippen molar-refractivity contribution in [3.8, 4) is 11.6 Å². The molecule has 2 N–H and O–H groups in total. The Balaban J connectivity index is 1.15. The minimum atomic E-state index is -0.710. The summed E-state index contributed by atoms with van der Waals surface area (Å²) in [5.41, 5.74) is 5.99. The lowest BCUT2D eigenvalue weighted by Crippen LogP contribution is -2.36. The van der Waals surface area contributed by atoms with Crippen LogP contribution >= 0.6 is 0 Å². The molecule has 0 unspecified atom stereocenters. The number of aromatic nitrogens is 3. The molecule has 2 aromatic carbocycles. The summed E-state index contributed by atoms with van der Waals surface area (Å²) in [5.74, 6) is 0.629.